The van der Waals surface area contributed by atoms with Crippen LogP contribution in [0.15, 0.2) is 18.2 Å². The Labute approximate surface area is 115 Å². The van der Waals surface area contributed by atoms with Crippen LogP contribution in [0.25, 0.3) is 0 Å². The normalized spacial score (nSPS) is 24.2. The average Bonchev–Trinajstić information content (AvgIpc) is 3.03. The van der Waals surface area contributed by atoms with E-state index in [1.54, 1.807) is 0 Å². The van der Waals surface area contributed by atoms with Crippen LogP contribution in [0, 0.1) is 0 Å². The summed E-state index contributed by atoms with van der Waals surface area (Å²) in [4.78, 5) is 2.47. The van der Waals surface area contributed by atoms with Crippen LogP contribution < -0.4 is 10.1 Å². The number of nitrogens with zero attached hydrogens (tertiary/aromatic N) is 1. The number of hydrogen-bond donors (Lipinski definition) is 1. The van der Waals surface area contributed by atoms with E-state index in [-0.39, 0.29) is 0 Å². The minimum Gasteiger partial charge on any atom is -0.493 e. The van der Waals surface area contributed by atoms with Crippen molar-refractivity contribution in [2.45, 2.75) is 38.3 Å². The topological polar surface area (TPSA) is 24.5 Å². The van der Waals surface area contributed by atoms with Crippen LogP contribution in [0.2, 0.25) is 0 Å². The predicted octanol–water partition coefficient (Wildman–Crippen LogP) is 2.37. The van der Waals surface area contributed by atoms with Crippen LogP contribution in [0.3, 0.4) is 0 Å². The van der Waals surface area contributed by atoms with Gasteiger partial charge in [-0.15, -0.1) is 0 Å². The first kappa shape index (κ1) is 12.9. The summed E-state index contributed by atoms with van der Waals surface area (Å²) in [6.07, 6.45) is 3.73. The van der Waals surface area contributed by atoms with E-state index in [9.17, 15) is 0 Å². The van der Waals surface area contributed by atoms with E-state index in [2.05, 4.69) is 42.4 Å². The molecule has 2 atom stereocenters. The molecule has 2 heterocycles. The molecule has 0 spiro atoms. The molecule has 0 radical (unpaired) electrons. The third-order valence-electron chi connectivity index (χ3n) is 4.54. The predicted molar refractivity (Wildman–Crippen MR) is 77.7 cm³/mol. The molecule has 2 aliphatic heterocycles. The molecule has 3 heteroatoms. The Bertz CT molecular complexity index is 446. The number of ether oxygens (including phenoxy) is 1. The van der Waals surface area contributed by atoms with Crippen LogP contribution >= 0.6 is 0 Å². The van der Waals surface area contributed by atoms with Crippen LogP contribution in [0.4, 0.5) is 0 Å². The lowest BCUT2D eigenvalue weighted by atomic mass is 10.0. The minimum absolute atomic E-state index is 0.417. The number of benzene rings is 1. The molecule has 1 aromatic rings. The Morgan fingerprint density at radius 2 is 2.37 bits per heavy atom. The number of nitrogens with one attached hydrogen (secondary N) is 1. The maximum absolute atomic E-state index is 5.56. The van der Waals surface area contributed by atoms with Gasteiger partial charge in [0.2, 0.25) is 0 Å². The third kappa shape index (κ3) is 2.77. The van der Waals surface area contributed by atoms with Crippen LogP contribution in [0.5, 0.6) is 5.75 Å². The van der Waals surface area contributed by atoms with Gasteiger partial charge < -0.3 is 15.0 Å². The lowest BCUT2D eigenvalue weighted by Crippen LogP contribution is -2.36. The summed E-state index contributed by atoms with van der Waals surface area (Å²) < 4.78 is 5.56. The van der Waals surface area contributed by atoms with E-state index < -0.39 is 0 Å². The van der Waals surface area contributed by atoms with Gasteiger partial charge in [-0.2, -0.15) is 0 Å². The Morgan fingerprint density at radius 1 is 1.47 bits per heavy atom. The fourth-order valence-corrected chi connectivity index (χ4v) is 3.14. The van der Waals surface area contributed by atoms with Crippen molar-refractivity contribution in [1.29, 1.82) is 0 Å². The van der Waals surface area contributed by atoms with Gasteiger partial charge in [0.15, 0.2) is 0 Å². The van der Waals surface area contributed by atoms with Gasteiger partial charge in [0.25, 0.3) is 0 Å². The highest BCUT2D eigenvalue weighted by atomic mass is 16.5. The number of likely N-dealkylation sites (N-methyl/N-ethyl adjacent to an activating group) is 1. The van der Waals surface area contributed by atoms with Crippen molar-refractivity contribution in [3.63, 3.8) is 0 Å². The van der Waals surface area contributed by atoms with Crippen LogP contribution in [-0.4, -0.2) is 37.7 Å². The number of hydrogen-bond acceptors (Lipinski definition) is 3. The smallest absolute Gasteiger partial charge is 0.122 e. The monoisotopic (exact) mass is 260 g/mol. The molecule has 1 fully saturated rings. The first-order chi connectivity index (χ1) is 9.24. The van der Waals surface area contributed by atoms with E-state index in [4.69, 9.17) is 4.74 Å². The Hall–Kier alpha value is -1.06. The summed E-state index contributed by atoms with van der Waals surface area (Å²) in [7, 11) is 2.23. The number of rotatable bonds is 4. The van der Waals surface area contributed by atoms with Crippen molar-refractivity contribution < 1.29 is 4.74 Å². The molecular formula is C16H24N2O. The van der Waals surface area contributed by atoms with Gasteiger partial charge in [-0.1, -0.05) is 12.1 Å². The van der Waals surface area contributed by atoms with Gasteiger partial charge in [-0.25, -0.2) is 0 Å². The zero-order valence-electron chi connectivity index (χ0n) is 12.0. The van der Waals surface area contributed by atoms with E-state index in [0.717, 1.165) is 25.3 Å². The summed E-state index contributed by atoms with van der Waals surface area (Å²) in [5.74, 6) is 1.08. The zero-order valence-corrected chi connectivity index (χ0v) is 12.0. The van der Waals surface area contributed by atoms with Gasteiger partial charge in [0.1, 0.15) is 5.75 Å². The van der Waals surface area contributed by atoms with Gasteiger partial charge in [0, 0.05) is 25.0 Å². The molecule has 2 aliphatic rings. The molecule has 1 N–H and O–H groups in total. The van der Waals surface area contributed by atoms with Gasteiger partial charge >= 0.3 is 0 Å². The van der Waals surface area contributed by atoms with Crippen molar-refractivity contribution in [2.75, 3.05) is 26.7 Å². The Morgan fingerprint density at radius 3 is 3.16 bits per heavy atom. The lowest BCUT2D eigenvalue weighted by molar-refractivity contribution is 0.293. The molecule has 1 saturated heterocycles. The average molecular weight is 260 g/mol. The molecule has 1 aromatic carbocycles. The maximum atomic E-state index is 5.56. The van der Waals surface area contributed by atoms with Crippen molar-refractivity contribution >= 4 is 0 Å². The number of likely N-dealkylation sites (tertiary alicyclic amines) is 1. The number of fused-ring (bicyclic) bond motifs is 1. The van der Waals surface area contributed by atoms with E-state index in [0.29, 0.717) is 12.1 Å². The van der Waals surface area contributed by atoms with E-state index in [1.807, 2.05) is 0 Å². The van der Waals surface area contributed by atoms with Gasteiger partial charge in [-0.05, 0) is 50.6 Å². The molecule has 19 heavy (non-hydrogen) atoms. The first-order valence-corrected chi connectivity index (χ1v) is 7.43. The molecule has 0 amide bonds. The lowest BCUT2D eigenvalue weighted by Gasteiger charge is -2.23. The van der Waals surface area contributed by atoms with Crippen LogP contribution in [-0.2, 0) is 6.42 Å². The van der Waals surface area contributed by atoms with Crippen molar-refractivity contribution in [3.05, 3.63) is 29.3 Å². The van der Waals surface area contributed by atoms with Crippen molar-refractivity contribution in [2.24, 2.45) is 0 Å². The molecule has 0 aliphatic carbocycles. The molecular weight excluding hydrogens is 236 g/mol. The molecule has 2 unspecified atom stereocenters. The largest absolute Gasteiger partial charge is 0.493 e. The standard InChI is InChI=1S/C16H24N2O/c1-12(17-11-15-4-3-8-18(15)2)13-5-6-16-14(10-13)7-9-19-16/h5-6,10,12,15,17H,3-4,7-9,11H2,1-2H3. The fraction of sp³-hybridized carbons (Fsp3) is 0.625. The van der Waals surface area contributed by atoms with E-state index >= 15 is 0 Å². The summed E-state index contributed by atoms with van der Waals surface area (Å²) in [6, 6.07) is 7.75. The second kappa shape index (κ2) is 5.51. The highest BCUT2D eigenvalue weighted by molar-refractivity contribution is 5.40. The van der Waals surface area contributed by atoms with Crippen molar-refractivity contribution in [3.8, 4) is 5.75 Å². The highest BCUT2D eigenvalue weighted by Crippen LogP contribution is 2.28. The maximum Gasteiger partial charge on any atom is 0.122 e. The summed E-state index contributed by atoms with van der Waals surface area (Å²) >= 11 is 0. The SMILES string of the molecule is CC(NCC1CCCN1C)c1ccc2c(c1)CCO2. The highest BCUT2D eigenvalue weighted by Gasteiger charge is 2.21. The minimum atomic E-state index is 0.417. The molecule has 0 saturated carbocycles. The summed E-state index contributed by atoms with van der Waals surface area (Å²) in [5, 5.41) is 3.68. The second-order valence-corrected chi connectivity index (χ2v) is 5.87. The Kier molecular flexibility index (Phi) is 3.76. The molecule has 104 valence electrons. The third-order valence-corrected chi connectivity index (χ3v) is 4.54. The van der Waals surface area contributed by atoms with Crippen LogP contribution in [0.1, 0.15) is 36.9 Å². The summed E-state index contributed by atoms with van der Waals surface area (Å²) in [5.41, 5.74) is 2.74. The first-order valence-electron chi connectivity index (χ1n) is 7.43. The van der Waals surface area contributed by atoms with E-state index in [1.165, 1.54) is 30.5 Å². The fourth-order valence-electron chi connectivity index (χ4n) is 3.14. The Balaban J connectivity index is 1.59. The molecule has 0 bridgehead atoms. The van der Waals surface area contributed by atoms with Crippen molar-refractivity contribution in [1.82, 2.24) is 10.2 Å². The second-order valence-electron chi connectivity index (χ2n) is 5.87. The molecule has 3 nitrogen and oxygen atoms in total. The van der Waals surface area contributed by atoms with Gasteiger partial charge in [-0.3, -0.25) is 0 Å². The summed E-state index contributed by atoms with van der Waals surface area (Å²) in [6.45, 7) is 5.43. The molecule has 0 aromatic heterocycles. The zero-order chi connectivity index (χ0) is 13.2. The quantitative estimate of drug-likeness (QED) is 0.899. The molecule has 3 rings (SSSR count). The van der Waals surface area contributed by atoms with Gasteiger partial charge in [0.05, 0.1) is 6.61 Å².